The zero-order chi connectivity index (χ0) is 22.4. The molecule has 0 N–H and O–H groups in total. The Labute approximate surface area is 185 Å². The summed E-state index contributed by atoms with van der Waals surface area (Å²) in [6, 6.07) is 12.3. The highest BCUT2D eigenvalue weighted by Crippen LogP contribution is 2.20. The minimum Gasteiger partial charge on any atom is -0.353 e. The Bertz CT molecular complexity index is 882. The monoisotopic (exact) mass is 423 g/mol. The third-order valence-corrected chi connectivity index (χ3v) is 6.00. The Kier molecular flexibility index (Phi) is 7.60. The van der Waals surface area contributed by atoms with Gasteiger partial charge in [0.2, 0.25) is 11.8 Å². The van der Waals surface area contributed by atoms with Gasteiger partial charge in [-0.05, 0) is 38.8 Å². The van der Waals surface area contributed by atoms with Gasteiger partial charge in [0.1, 0.15) is 0 Å². The van der Waals surface area contributed by atoms with Crippen LogP contribution in [0.3, 0.4) is 0 Å². The fourth-order valence-electron chi connectivity index (χ4n) is 3.81. The van der Waals surface area contributed by atoms with Crippen molar-refractivity contribution in [2.75, 3.05) is 37.6 Å². The van der Waals surface area contributed by atoms with Crippen molar-refractivity contribution in [2.45, 2.75) is 46.6 Å². The van der Waals surface area contributed by atoms with Crippen molar-refractivity contribution in [1.82, 2.24) is 20.0 Å². The summed E-state index contributed by atoms with van der Waals surface area (Å²) in [4.78, 5) is 30.5. The van der Waals surface area contributed by atoms with E-state index in [0.29, 0.717) is 19.6 Å². The lowest BCUT2D eigenvalue weighted by molar-refractivity contribution is -0.141. The number of rotatable bonds is 6. The van der Waals surface area contributed by atoms with E-state index in [9.17, 15) is 9.59 Å². The van der Waals surface area contributed by atoms with E-state index in [4.69, 9.17) is 0 Å². The van der Waals surface area contributed by atoms with Gasteiger partial charge in [0.05, 0.1) is 12.2 Å². The molecule has 0 radical (unpaired) electrons. The number of amides is 2. The molecule has 7 nitrogen and oxygen atoms in total. The molecule has 0 aliphatic carbocycles. The van der Waals surface area contributed by atoms with E-state index in [0.717, 1.165) is 36.5 Å². The molecule has 0 bridgehead atoms. The van der Waals surface area contributed by atoms with Crippen LogP contribution in [0.25, 0.3) is 11.3 Å². The molecule has 1 aromatic heterocycles. The molecule has 31 heavy (non-hydrogen) atoms. The van der Waals surface area contributed by atoms with Crippen LogP contribution >= 0.6 is 0 Å². The minimum atomic E-state index is -0.0527. The third-order valence-electron chi connectivity index (χ3n) is 6.00. The number of anilines is 1. The summed E-state index contributed by atoms with van der Waals surface area (Å²) in [5.41, 5.74) is 3.12. The SMILES string of the molecule is CC[C@@H](C)N(CC(=O)N1CCCN(c2ccc(-c3ccc(C)cc3)nn2)CC1)C(C)=O. The van der Waals surface area contributed by atoms with E-state index in [1.165, 1.54) is 12.5 Å². The third kappa shape index (κ3) is 5.81. The Balaban J connectivity index is 1.61. The van der Waals surface area contributed by atoms with Crippen LogP contribution < -0.4 is 4.90 Å². The van der Waals surface area contributed by atoms with Crippen molar-refractivity contribution in [3.05, 3.63) is 42.0 Å². The molecule has 7 heteroatoms. The lowest BCUT2D eigenvalue weighted by Gasteiger charge is -2.30. The highest BCUT2D eigenvalue weighted by atomic mass is 16.2. The van der Waals surface area contributed by atoms with E-state index in [-0.39, 0.29) is 24.4 Å². The van der Waals surface area contributed by atoms with Crippen LogP contribution in [-0.2, 0) is 9.59 Å². The fourth-order valence-corrected chi connectivity index (χ4v) is 3.81. The maximum Gasteiger partial charge on any atom is 0.242 e. The van der Waals surface area contributed by atoms with Gasteiger partial charge in [-0.1, -0.05) is 36.8 Å². The van der Waals surface area contributed by atoms with Gasteiger partial charge in [-0.25, -0.2) is 0 Å². The summed E-state index contributed by atoms with van der Waals surface area (Å²) < 4.78 is 0. The second-order valence-corrected chi connectivity index (χ2v) is 8.27. The number of carbonyl (C=O) groups excluding carboxylic acids is 2. The van der Waals surface area contributed by atoms with Crippen LogP contribution in [0, 0.1) is 6.92 Å². The van der Waals surface area contributed by atoms with Gasteiger partial charge in [0, 0.05) is 44.7 Å². The van der Waals surface area contributed by atoms with Crippen molar-refractivity contribution in [3.63, 3.8) is 0 Å². The molecular weight excluding hydrogens is 390 g/mol. The van der Waals surface area contributed by atoms with Crippen LogP contribution in [0.5, 0.6) is 0 Å². The first kappa shape index (κ1) is 22.7. The van der Waals surface area contributed by atoms with Crippen molar-refractivity contribution in [3.8, 4) is 11.3 Å². The molecule has 1 aromatic carbocycles. The molecule has 1 saturated heterocycles. The second kappa shape index (κ2) is 10.4. The quantitative estimate of drug-likeness (QED) is 0.714. The number of aromatic nitrogens is 2. The number of hydrogen-bond donors (Lipinski definition) is 0. The molecule has 1 aliphatic rings. The minimum absolute atomic E-state index is 0.0122. The Morgan fingerprint density at radius 1 is 1.03 bits per heavy atom. The Morgan fingerprint density at radius 3 is 2.39 bits per heavy atom. The first-order valence-electron chi connectivity index (χ1n) is 11.1. The molecule has 3 rings (SSSR count). The summed E-state index contributed by atoms with van der Waals surface area (Å²) in [5.74, 6) is 0.788. The molecule has 2 heterocycles. The molecule has 1 aliphatic heterocycles. The van der Waals surface area contributed by atoms with E-state index in [1.54, 1.807) is 4.90 Å². The van der Waals surface area contributed by atoms with Gasteiger partial charge >= 0.3 is 0 Å². The number of hydrogen-bond acceptors (Lipinski definition) is 5. The first-order chi connectivity index (χ1) is 14.9. The van der Waals surface area contributed by atoms with Crippen LogP contribution in [0.1, 0.15) is 39.2 Å². The molecule has 166 valence electrons. The van der Waals surface area contributed by atoms with Crippen molar-refractivity contribution >= 4 is 17.6 Å². The van der Waals surface area contributed by atoms with Gasteiger partial charge in [0.25, 0.3) is 0 Å². The van der Waals surface area contributed by atoms with E-state index < -0.39 is 0 Å². The van der Waals surface area contributed by atoms with Gasteiger partial charge in [0.15, 0.2) is 5.82 Å². The number of carbonyl (C=O) groups is 2. The van der Waals surface area contributed by atoms with Gasteiger partial charge in [-0.15, -0.1) is 10.2 Å². The molecule has 2 amide bonds. The number of benzene rings is 1. The lowest BCUT2D eigenvalue weighted by atomic mass is 10.1. The first-order valence-corrected chi connectivity index (χ1v) is 11.1. The lowest BCUT2D eigenvalue weighted by Crippen LogP contribution is -2.46. The van der Waals surface area contributed by atoms with E-state index in [2.05, 4.69) is 46.3 Å². The Morgan fingerprint density at radius 2 is 1.77 bits per heavy atom. The fraction of sp³-hybridized carbons (Fsp3) is 0.500. The van der Waals surface area contributed by atoms with Crippen molar-refractivity contribution in [1.29, 1.82) is 0 Å². The molecule has 0 saturated carbocycles. The van der Waals surface area contributed by atoms with E-state index >= 15 is 0 Å². The number of aryl methyl sites for hydroxylation is 1. The van der Waals surface area contributed by atoms with Crippen LogP contribution in [0.2, 0.25) is 0 Å². The molecule has 2 aromatic rings. The smallest absolute Gasteiger partial charge is 0.242 e. The summed E-state index contributed by atoms with van der Waals surface area (Å²) in [6.45, 7) is 10.6. The van der Waals surface area contributed by atoms with Gasteiger partial charge < -0.3 is 14.7 Å². The van der Waals surface area contributed by atoms with E-state index in [1.807, 2.05) is 30.9 Å². The summed E-state index contributed by atoms with van der Waals surface area (Å²) in [5, 5.41) is 8.85. The maximum absolute atomic E-state index is 12.8. The zero-order valence-corrected chi connectivity index (χ0v) is 19.0. The van der Waals surface area contributed by atoms with Crippen molar-refractivity contribution in [2.24, 2.45) is 0 Å². The van der Waals surface area contributed by atoms with Gasteiger partial charge in [-0.3, -0.25) is 9.59 Å². The highest BCUT2D eigenvalue weighted by Gasteiger charge is 2.24. The average molecular weight is 424 g/mol. The zero-order valence-electron chi connectivity index (χ0n) is 19.0. The van der Waals surface area contributed by atoms with Crippen LogP contribution in [-0.4, -0.2) is 70.6 Å². The summed E-state index contributed by atoms with van der Waals surface area (Å²) in [7, 11) is 0. The number of nitrogens with zero attached hydrogens (tertiary/aromatic N) is 5. The van der Waals surface area contributed by atoms with Crippen LogP contribution in [0.4, 0.5) is 5.82 Å². The standard InChI is InChI=1S/C24H33N5O2/c1-5-19(3)29(20(4)30)17-24(31)28-14-6-13-27(15-16-28)23-12-11-22(25-26-23)21-9-7-18(2)8-10-21/h7-12,19H,5-6,13-17H2,1-4H3/t19-/m1/s1. The topological polar surface area (TPSA) is 69.6 Å². The molecule has 0 spiro atoms. The van der Waals surface area contributed by atoms with Gasteiger partial charge in [-0.2, -0.15) is 0 Å². The normalized spacial score (nSPS) is 15.4. The van der Waals surface area contributed by atoms with Crippen LogP contribution in [0.15, 0.2) is 36.4 Å². The molecule has 0 unspecified atom stereocenters. The predicted octanol–water partition coefficient (Wildman–Crippen LogP) is 3.14. The highest BCUT2D eigenvalue weighted by molar-refractivity contribution is 5.84. The van der Waals surface area contributed by atoms with Crippen molar-refractivity contribution < 1.29 is 9.59 Å². The molecule has 1 fully saturated rings. The molecule has 1 atom stereocenters. The average Bonchev–Trinajstić information content (AvgIpc) is 3.04. The largest absolute Gasteiger partial charge is 0.353 e. The second-order valence-electron chi connectivity index (χ2n) is 8.27. The predicted molar refractivity (Wildman–Crippen MR) is 123 cm³/mol. The molecular formula is C24H33N5O2. The summed E-state index contributed by atoms with van der Waals surface area (Å²) >= 11 is 0. The summed E-state index contributed by atoms with van der Waals surface area (Å²) in [6.07, 6.45) is 1.69. The maximum atomic E-state index is 12.8. The Hall–Kier alpha value is -2.96.